The van der Waals surface area contributed by atoms with Gasteiger partial charge < -0.3 is 10.1 Å². The zero-order valence-electron chi connectivity index (χ0n) is 12.8. The van der Waals surface area contributed by atoms with Gasteiger partial charge in [0.25, 0.3) is 0 Å². The second-order valence-corrected chi connectivity index (χ2v) is 6.08. The molecule has 0 bridgehead atoms. The summed E-state index contributed by atoms with van der Waals surface area (Å²) >= 11 is 1.34. The number of rotatable bonds is 8. The van der Waals surface area contributed by atoms with Crippen LogP contribution in [0.5, 0.6) is 0 Å². The average molecular weight is 306 g/mol. The minimum atomic E-state index is -0.255. The van der Waals surface area contributed by atoms with Gasteiger partial charge in [0, 0.05) is 11.4 Å². The van der Waals surface area contributed by atoms with Gasteiger partial charge in [0.1, 0.15) is 6.07 Å². The summed E-state index contributed by atoms with van der Waals surface area (Å²) in [7, 11) is 0. The standard InChI is InChI=1S/C16H22N2O2S/c1-4-20-16(19)11-21-15-6-5-13(7-14(15)8-17)10-18-9-12(2)3/h5-7,12,18H,4,9-11H2,1-3H3. The summed E-state index contributed by atoms with van der Waals surface area (Å²) in [6, 6.07) is 7.95. The molecule has 21 heavy (non-hydrogen) atoms. The Morgan fingerprint density at radius 2 is 2.24 bits per heavy atom. The largest absolute Gasteiger partial charge is 0.465 e. The molecular formula is C16H22N2O2S. The van der Waals surface area contributed by atoms with Gasteiger partial charge in [-0.05, 0) is 37.1 Å². The fourth-order valence-corrected chi connectivity index (χ4v) is 2.53. The van der Waals surface area contributed by atoms with Crippen molar-refractivity contribution in [3.05, 3.63) is 29.3 Å². The monoisotopic (exact) mass is 306 g/mol. The highest BCUT2D eigenvalue weighted by Gasteiger charge is 2.08. The quantitative estimate of drug-likeness (QED) is 0.591. The van der Waals surface area contributed by atoms with Gasteiger partial charge in [-0.2, -0.15) is 5.26 Å². The first-order valence-corrected chi connectivity index (χ1v) is 8.07. The van der Waals surface area contributed by atoms with Crippen molar-refractivity contribution in [2.75, 3.05) is 18.9 Å². The van der Waals surface area contributed by atoms with Gasteiger partial charge in [0.05, 0.1) is 17.9 Å². The van der Waals surface area contributed by atoms with E-state index in [1.54, 1.807) is 6.92 Å². The van der Waals surface area contributed by atoms with Crippen LogP contribution < -0.4 is 5.32 Å². The molecule has 0 saturated carbocycles. The Balaban J connectivity index is 2.62. The van der Waals surface area contributed by atoms with Crippen molar-refractivity contribution >= 4 is 17.7 Å². The number of carbonyl (C=O) groups is 1. The lowest BCUT2D eigenvalue weighted by atomic mass is 10.1. The van der Waals surface area contributed by atoms with Gasteiger partial charge >= 0.3 is 5.97 Å². The molecule has 1 aromatic carbocycles. The van der Waals surface area contributed by atoms with Crippen LogP contribution in [0.4, 0.5) is 0 Å². The highest BCUT2D eigenvalue weighted by atomic mass is 32.2. The molecule has 1 rings (SSSR count). The van der Waals surface area contributed by atoms with E-state index in [0.717, 1.165) is 23.5 Å². The van der Waals surface area contributed by atoms with Crippen LogP contribution in [0, 0.1) is 17.2 Å². The van der Waals surface area contributed by atoms with Gasteiger partial charge in [0.2, 0.25) is 0 Å². The number of thioether (sulfide) groups is 1. The van der Waals surface area contributed by atoms with E-state index in [-0.39, 0.29) is 11.7 Å². The van der Waals surface area contributed by atoms with Crippen molar-refractivity contribution in [3.8, 4) is 6.07 Å². The third-order valence-electron chi connectivity index (χ3n) is 2.70. The molecule has 0 heterocycles. The van der Waals surface area contributed by atoms with E-state index in [1.165, 1.54) is 11.8 Å². The van der Waals surface area contributed by atoms with Crippen LogP contribution in [-0.4, -0.2) is 24.9 Å². The maximum Gasteiger partial charge on any atom is 0.316 e. The Kier molecular flexibility index (Phi) is 7.88. The van der Waals surface area contributed by atoms with Crippen LogP contribution in [0.15, 0.2) is 23.1 Å². The van der Waals surface area contributed by atoms with Gasteiger partial charge in [-0.1, -0.05) is 19.9 Å². The molecule has 0 aliphatic rings. The number of esters is 1. The molecule has 1 aromatic rings. The molecule has 114 valence electrons. The summed E-state index contributed by atoms with van der Waals surface area (Å²) in [5, 5.41) is 12.6. The SMILES string of the molecule is CCOC(=O)CSc1ccc(CNCC(C)C)cc1C#N. The Morgan fingerprint density at radius 1 is 1.48 bits per heavy atom. The van der Waals surface area contributed by atoms with Gasteiger partial charge in [-0.3, -0.25) is 4.79 Å². The molecule has 0 spiro atoms. The molecule has 0 unspecified atom stereocenters. The maximum atomic E-state index is 11.4. The molecule has 0 fully saturated rings. The topological polar surface area (TPSA) is 62.1 Å². The molecule has 0 radical (unpaired) electrons. The van der Waals surface area contributed by atoms with Crippen molar-refractivity contribution in [1.29, 1.82) is 5.26 Å². The Morgan fingerprint density at radius 3 is 2.86 bits per heavy atom. The van der Waals surface area contributed by atoms with Crippen LogP contribution in [0.3, 0.4) is 0 Å². The molecule has 0 saturated heterocycles. The van der Waals surface area contributed by atoms with Crippen LogP contribution in [0.25, 0.3) is 0 Å². The molecular weight excluding hydrogens is 284 g/mol. The van der Waals surface area contributed by atoms with Crippen molar-refractivity contribution in [1.82, 2.24) is 5.32 Å². The summed E-state index contributed by atoms with van der Waals surface area (Å²) in [6.07, 6.45) is 0. The Labute approximate surface area is 130 Å². The van der Waals surface area contributed by atoms with Crippen LogP contribution >= 0.6 is 11.8 Å². The molecule has 5 heteroatoms. The highest BCUT2D eigenvalue weighted by molar-refractivity contribution is 8.00. The first-order chi connectivity index (χ1) is 10.1. The van der Waals surface area contributed by atoms with Gasteiger partial charge in [-0.25, -0.2) is 0 Å². The van der Waals surface area contributed by atoms with Crippen LogP contribution in [0.1, 0.15) is 31.9 Å². The van der Waals surface area contributed by atoms with E-state index in [2.05, 4.69) is 25.2 Å². The molecule has 0 aromatic heterocycles. The number of benzene rings is 1. The summed E-state index contributed by atoms with van der Waals surface area (Å²) in [5.41, 5.74) is 1.68. The fourth-order valence-electron chi connectivity index (χ4n) is 1.74. The lowest BCUT2D eigenvalue weighted by molar-refractivity contribution is -0.139. The maximum absolute atomic E-state index is 11.4. The summed E-state index contributed by atoms with van der Waals surface area (Å²) in [4.78, 5) is 12.2. The number of nitrogens with zero attached hydrogens (tertiary/aromatic N) is 1. The summed E-state index contributed by atoms with van der Waals surface area (Å²) in [6.45, 7) is 8.16. The Hall–Kier alpha value is -1.51. The zero-order chi connectivity index (χ0) is 15.7. The molecule has 1 N–H and O–H groups in total. The molecule has 0 aliphatic heterocycles. The number of carbonyl (C=O) groups excluding carboxylic acids is 1. The van der Waals surface area contributed by atoms with Crippen LogP contribution in [-0.2, 0) is 16.1 Å². The number of hydrogen-bond acceptors (Lipinski definition) is 5. The number of hydrogen-bond donors (Lipinski definition) is 1. The first kappa shape index (κ1) is 17.5. The van der Waals surface area contributed by atoms with E-state index >= 15 is 0 Å². The predicted octanol–water partition coefficient (Wildman–Crippen LogP) is 2.96. The minimum Gasteiger partial charge on any atom is -0.465 e. The predicted molar refractivity (Wildman–Crippen MR) is 85.1 cm³/mol. The van der Waals surface area contributed by atoms with E-state index in [4.69, 9.17) is 4.74 Å². The van der Waals surface area contributed by atoms with Crippen molar-refractivity contribution < 1.29 is 9.53 Å². The van der Waals surface area contributed by atoms with E-state index in [1.807, 2.05) is 18.2 Å². The second-order valence-electron chi connectivity index (χ2n) is 5.06. The molecule has 0 aliphatic carbocycles. The number of ether oxygens (including phenoxy) is 1. The van der Waals surface area contributed by atoms with Crippen molar-refractivity contribution in [2.24, 2.45) is 5.92 Å². The summed E-state index contributed by atoms with van der Waals surface area (Å²) < 4.78 is 4.88. The number of nitriles is 1. The van der Waals surface area contributed by atoms with E-state index in [0.29, 0.717) is 18.1 Å². The second kappa shape index (κ2) is 9.43. The highest BCUT2D eigenvalue weighted by Crippen LogP contribution is 2.23. The first-order valence-electron chi connectivity index (χ1n) is 7.09. The lowest BCUT2D eigenvalue weighted by Crippen LogP contribution is -2.19. The normalized spacial score (nSPS) is 10.4. The molecule has 0 atom stereocenters. The third-order valence-corrected chi connectivity index (χ3v) is 3.74. The summed E-state index contributed by atoms with van der Waals surface area (Å²) in [5.74, 6) is 0.571. The van der Waals surface area contributed by atoms with Crippen molar-refractivity contribution in [2.45, 2.75) is 32.2 Å². The molecule has 4 nitrogen and oxygen atoms in total. The van der Waals surface area contributed by atoms with Crippen molar-refractivity contribution in [3.63, 3.8) is 0 Å². The fraction of sp³-hybridized carbons (Fsp3) is 0.500. The zero-order valence-corrected chi connectivity index (χ0v) is 13.6. The smallest absolute Gasteiger partial charge is 0.316 e. The van der Waals surface area contributed by atoms with E-state index < -0.39 is 0 Å². The van der Waals surface area contributed by atoms with Crippen LogP contribution in [0.2, 0.25) is 0 Å². The third kappa shape index (κ3) is 6.65. The van der Waals surface area contributed by atoms with Gasteiger partial charge in [-0.15, -0.1) is 11.8 Å². The Bertz CT molecular complexity index is 509. The minimum absolute atomic E-state index is 0.230. The number of nitrogens with one attached hydrogen (secondary N) is 1. The average Bonchev–Trinajstić information content (AvgIpc) is 2.45. The van der Waals surface area contributed by atoms with Gasteiger partial charge in [0.15, 0.2) is 0 Å². The van der Waals surface area contributed by atoms with E-state index in [9.17, 15) is 10.1 Å². The lowest BCUT2D eigenvalue weighted by Gasteiger charge is -2.09. The molecule has 0 amide bonds.